The van der Waals surface area contributed by atoms with E-state index < -0.39 is 23.4 Å². The third kappa shape index (κ3) is 4.01. The molecule has 0 saturated carbocycles. The quantitative estimate of drug-likeness (QED) is 0.848. The molecule has 0 unspecified atom stereocenters. The molecule has 2 heterocycles. The Morgan fingerprint density at radius 1 is 1.44 bits per heavy atom. The van der Waals surface area contributed by atoms with Crippen molar-refractivity contribution in [3.63, 3.8) is 0 Å². The average molecular weight is 370 g/mol. The average Bonchev–Trinajstić information content (AvgIpc) is 2.59. The SMILES string of the molecule is CC(C)(C)OC(=O)N[C@]1(c2ccc(C#N)c3ncccc23)CNC[C@@H](F)C1. The molecule has 0 bridgehead atoms. The highest BCUT2D eigenvalue weighted by molar-refractivity contribution is 5.88. The van der Waals surface area contributed by atoms with E-state index in [2.05, 4.69) is 21.7 Å². The van der Waals surface area contributed by atoms with Gasteiger partial charge in [0.05, 0.1) is 16.6 Å². The van der Waals surface area contributed by atoms with Crippen LogP contribution in [0.15, 0.2) is 30.5 Å². The van der Waals surface area contributed by atoms with Crippen LogP contribution in [-0.2, 0) is 10.3 Å². The fraction of sp³-hybridized carbons (Fsp3) is 0.450. The minimum atomic E-state index is -1.13. The van der Waals surface area contributed by atoms with Crippen molar-refractivity contribution >= 4 is 17.0 Å². The van der Waals surface area contributed by atoms with E-state index in [1.807, 2.05) is 6.07 Å². The summed E-state index contributed by atoms with van der Waals surface area (Å²) in [6.07, 6.45) is -0.0245. The number of hydrogen-bond donors (Lipinski definition) is 2. The summed E-state index contributed by atoms with van der Waals surface area (Å²) in [4.78, 5) is 16.8. The van der Waals surface area contributed by atoms with Gasteiger partial charge in [0.2, 0.25) is 0 Å². The van der Waals surface area contributed by atoms with E-state index in [9.17, 15) is 14.4 Å². The Balaban J connectivity index is 2.11. The number of nitriles is 1. The Labute approximate surface area is 157 Å². The molecule has 2 N–H and O–H groups in total. The minimum Gasteiger partial charge on any atom is -0.444 e. The number of piperidine rings is 1. The molecule has 1 aliphatic heterocycles. The minimum absolute atomic E-state index is 0.106. The van der Waals surface area contributed by atoms with Crippen LogP contribution in [0.25, 0.3) is 10.9 Å². The van der Waals surface area contributed by atoms with Crippen LogP contribution in [0.1, 0.15) is 38.3 Å². The van der Waals surface area contributed by atoms with Gasteiger partial charge in [-0.3, -0.25) is 4.98 Å². The van der Waals surface area contributed by atoms with Crippen LogP contribution in [0, 0.1) is 11.3 Å². The van der Waals surface area contributed by atoms with Gasteiger partial charge < -0.3 is 15.4 Å². The highest BCUT2D eigenvalue weighted by Crippen LogP contribution is 2.35. The standard InChI is InChI=1S/C20H23FN4O2/c1-19(2,3)27-18(26)25-20(9-14(21)11-23-12-20)16-7-6-13(10-22)17-15(16)5-4-8-24-17/h4-8,14,23H,9,11-12H2,1-3H3,(H,25,26)/t14-,20-/m0/s1. The van der Waals surface area contributed by atoms with E-state index in [4.69, 9.17) is 4.74 Å². The molecule has 1 aromatic heterocycles. The Kier molecular flexibility index (Phi) is 5.03. The molecule has 142 valence electrons. The predicted octanol–water partition coefficient (Wildman–Crippen LogP) is 3.16. The van der Waals surface area contributed by atoms with Gasteiger partial charge in [-0.15, -0.1) is 0 Å². The Hall–Kier alpha value is -2.72. The molecular formula is C20H23FN4O2. The summed E-state index contributed by atoms with van der Waals surface area (Å²) in [6.45, 7) is 5.90. The van der Waals surface area contributed by atoms with E-state index in [0.29, 0.717) is 28.6 Å². The summed E-state index contributed by atoms with van der Waals surface area (Å²) < 4.78 is 19.8. The third-order valence-corrected chi connectivity index (χ3v) is 4.51. The van der Waals surface area contributed by atoms with Crippen molar-refractivity contribution in [2.24, 2.45) is 0 Å². The maximum atomic E-state index is 14.4. The van der Waals surface area contributed by atoms with Gasteiger partial charge in [0.1, 0.15) is 17.8 Å². The fourth-order valence-corrected chi connectivity index (χ4v) is 3.51. The van der Waals surface area contributed by atoms with Gasteiger partial charge in [-0.2, -0.15) is 5.26 Å². The molecular weight excluding hydrogens is 347 g/mol. The zero-order chi connectivity index (χ0) is 19.7. The lowest BCUT2D eigenvalue weighted by atomic mass is 9.80. The highest BCUT2D eigenvalue weighted by Gasteiger charge is 2.41. The summed E-state index contributed by atoms with van der Waals surface area (Å²) in [5.41, 5.74) is 0.00274. The van der Waals surface area contributed by atoms with E-state index in [0.717, 1.165) is 0 Å². The predicted molar refractivity (Wildman–Crippen MR) is 99.9 cm³/mol. The van der Waals surface area contributed by atoms with E-state index >= 15 is 0 Å². The van der Waals surface area contributed by atoms with Crippen LogP contribution in [0.5, 0.6) is 0 Å². The molecule has 3 rings (SSSR count). The number of rotatable bonds is 2. The number of amides is 1. The highest BCUT2D eigenvalue weighted by atomic mass is 19.1. The first-order valence-electron chi connectivity index (χ1n) is 8.88. The zero-order valence-electron chi connectivity index (χ0n) is 15.7. The van der Waals surface area contributed by atoms with Crippen molar-refractivity contribution in [2.45, 2.75) is 44.5 Å². The molecule has 1 fully saturated rings. The first-order chi connectivity index (χ1) is 12.7. The second kappa shape index (κ2) is 7.12. The van der Waals surface area contributed by atoms with E-state index in [1.165, 1.54) is 0 Å². The number of benzene rings is 1. The number of carbonyl (C=O) groups is 1. The maximum absolute atomic E-state index is 14.4. The first kappa shape index (κ1) is 19.1. The lowest BCUT2D eigenvalue weighted by Crippen LogP contribution is -2.58. The number of hydrogen-bond acceptors (Lipinski definition) is 5. The van der Waals surface area contributed by atoms with Crippen molar-refractivity contribution in [1.82, 2.24) is 15.6 Å². The van der Waals surface area contributed by atoms with Gasteiger partial charge in [0.25, 0.3) is 0 Å². The van der Waals surface area contributed by atoms with E-state index in [-0.39, 0.29) is 13.0 Å². The van der Waals surface area contributed by atoms with Crippen molar-refractivity contribution in [3.05, 3.63) is 41.6 Å². The zero-order valence-corrected chi connectivity index (χ0v) is 15.7. The number of pyridine rings is 1. The molecule has 1 aliphatic rings. The largest absolute Gasteiger partial charge is 0.444 e. The third-order valence-electron chi connectivity index (χ3n) is 4.51. The normalized spacial score (nSPS) is 22.9. The Morgan fingerprint density at radius 2 is 2.22 bits per heavy atom. The molecule has 0 radical (unpaired) electrons. The number of alkyl carbamates (subject to hydrolysis) is 1. The number of halogens is 1. The van der Waals surface area contributed by atoms with E-state index in [1.54, 1.807) is 45.2 Å². The van der Waals surface area contributed by atoms with Crippen molar-refractivity contribution < 1.29 is 13.9 Å². The Bertz CT molecular complexity index is 903. The van der Waals surface area contributed by atoms with Crippen LogP contribution in [0.3, 0.4) is 0 Å². The van der Waals surface area contributed by atoms with Crippen LogP contribution < -0.4 is 10.6 Å². The summed E-state index contributed by atoms with van der Waals surface area (Å²) in [7, 11) is 0. The molecule has 27 heavy (non-hydrogen) atoms. The first-order valence-corrected chi connectivity index (χ1v) is 8.88. The summed E-state index contributed by atoms with van der Waals surface area (Å²) in [5.74, 6) is 0. The molecule has 6 nitrogen and oxygen atoms in total. The van der Waals surface area contributed by atoms with Crippen LogP contribution >= 0.6 is 0 Å². The molecule has 7 heteroatoms. The van der Waals surface area contributed by atoms with Gasteiger partial charge in [-0.1, -0.05) is 12.1 Å². The number of alkyl halides is 1. The molecule has 0 spiro atoms. The Morgan fingerprint density at radius 3 is 2.89 bits per heavy atom. The fourth-order valence-electron chi connectivity index (χ4n) is 3.51. The molecule has 0 aliphatic carbocycles. The lowest BCUT2D eigenvalue weighted by molar-refractivity contribution is 0.0399. The number of ether oxygens (including phenoxy) is 1. The van der Waals surface area contributed by atoms with Crippen molar-refractivity contribution in [3.8, 4) is 6.07 Å². The second-order valence-electron chi connectivity index (χ2n) is 7.81. The number of aromatic nitrogens is 1. The molecule has 1 amide bonds. The number of fused-ring (bicyclic) bond motifs is 1. The van der Waals surface area contributed by atoms with Gasteiger partial charge >= 0.3 is 6.09 Å². The lowest BCUT2D eigenvalue weighted by Gasteiger charge is -2.41. The van der Waals surface area contributed by atoms with Gasteiger partial charge in [-0.05, 0) is 38.5 Å². The smallest absolute Gasteiger partial charge is 0.408 e. The number of carbonyl (C=O) groups excluding carboxylic acids is 1. The topological polar surface area (TPSA) is 87.0 Å². The van der Waals surface area contributed by atoms with Crippen LogP contribution in [0.4, 0.5) is 9.18 Å². The molecule has 2 aromatic rings. The van der Waals surface area contributed by atoms with Crippen LogP contribution in [-0.4, -0.2) is 35.9 Å². The summed E-state index contributed by atoms with van der Waals surface area (Å²) in [5, 5.41) is 16.0. The van der Waals surface area contributed by atoms with Crippen LogP contribution in [0.2, 0.25) is 0 Å². The van der Waals surface area contributed by atoms with Gasteiger partial charge in [0, 0.05) is 31.1 Å². The number of nitrogens with zero attached hydrogens (tertiary/aromatic N) is 2. The van der Waals surface area contributed by atoms with Crippen molar-refractivity contribution in [2.75, 3.05) is 13.1 Å². The monoisotopic (exact) mass is 370 g/mol. The summed E-state index contributed by atoms with van der Waals surface area (Å²) in [6, 6.07) is 9.14. The van der Waals surface area contributed by atoms with Crippen molar-refractivity contribution in [1.29, 1.82) is 5.26 Å². The summed E-state index contributed by atoms with van der Waals surface area (Å²) >= 11 is 0. The molecule has 2 atom stereocenters. The molecule has 1 aromatic carbocycles. The van der Waals surface area contributed by atoms with Gasteiger partial charge in [0.15, 0.2) is 0 Å². The second-order valence-corrected chi connectivity index (χ2v) is 7.81. The van der Waals surface area contributed by atoms with Gasteiger partial charge in [-0.25, -0.2) is 9.18 Å². The number of nitrogens with one attached hydrogen (secondary N) is 2. The maximum Gasteiger partial charge on any atom is 0.408 e. The molecule has 1 saturated heterocycles.